The number of nitrogens with one attached hydrogen (secondary N) is 1. The fourth-order valence-corrected chi connectivity index (χ4v) is 4.73. The third kappa shape index (κ3) is 3.37. The number of aliphatic hydroxyl groups is 1. The van der Waals surface area contributed by atoms with Crippen LogP contribution in [0.2, 0.25) is 0 Å². The van der Waals surface area contributed by atoms with E-state index in [0.717, 1.165) is 46.7 Å². The molecule has 0 aliphatic heterocycles. The van der Waals surface area contributed by atoms with Gasteiger partial charge in [-0.15, -0.1) is 0 Å². The molecule has 0 unspecified atom stereocenters. The van der Waals surface area contributed by atoms with Crippen molar-refractivity contribution >= 4 is 22.5 Å². The van der Waals surface area contributed by atoms with Crippen molar-refractivity contribution in [1.29, 1.82) is 5.26 Å². The van der Waals surface area contributed by atoms with E-state index in [9.17, 15) is 15.2 Å². The summed E-state index contributed by atoms with van der Waals surface area (Å²) in [6.07, 6.45) is 5.24. The summed E-state index contributed by atoms with van der Waals surface area (Å²) in [5.74, 6) is 0.359. The summed E-state index contributed by atoms with van der Waals surface area (Å²) in [7, 11) is 0. The summed E-state index contributed by atoms with van der Waals surface area (Å²) in [5, 5.41) is 24.7. The lowest BCUT2D eigenvalue weighted by Crippen LogP contribution is -2.17. The molecule has 2 aliphatic carbocycles. The molecular weight excluding hydrogens is 386 g/mol. The van der Waals surface area contributed by atoms with Crippen LogP contribution in [0.1, 0.15) is 49.8 Å². The SMILES string of the molecule is CC(C)(O)c1ccc(CC(=O)Nc2cc3cc([C@@]4(C#N)CC45CC5)ccc3cn2)cc1. The first-order chi connectivity index (χ1) is 14.7. The highest BCUT2D eigenvalue weighted by Gasteiger charge is 2.75. The monoisotopic (exact) mass is 411 g/mol. The molecule has 2 saturated carbocycles. The first kappa shape index (κ1) is 19.7. The normalized spacial score (nSPS) is 21.0. The quantitative estimate of drug-likeness (QED) is 0.643. The van der Waals surface area contributed by atoms with Gasteiger partial charge in [-0.3, -0.25) is 4.79 Å². The smallest absolute Gasteiger partial charge is 0.229 e. The number of carbonyl (C=O) groups is 1. The molecule has 5 nitrogen and oxygen atoms in total. The topological polar surface area (TPSA) is 86.0 Å². The summed E-state index contributed by atoms with van der Waals surface area (Å²) >= 11 is 0. The van der Waals surface area contributed by atoms with Crippen molar-refractivity contribution in [2.24, 2.45) is 5.41 Å². The molecule has 3 aromatic rings. The van der Waals surface area contributed by atoms with E-state index in [-0.39, 0.29) is 23.2 Å². The van der Waals surface area contributed by atoms with E-state index in [2.05, 4.69) is 28.5 Å². The van der Waals surface area contributed by atoms with Crippen LogP contribution in [0.4, 0.5) is 5.82 Å². The van der Waals surface area contributed by atoms with Gasteiger partial charge in [0.2, 0.25) is 5.91 Å². The minimum atomic E-state index is -0.904. The molecule has 156 valence electrons. The minimum Gasteiger partial charge on any atom is -0.386 e. The predicted octanol–water partition coefficient (Wildman–Crippen LogP) is 4.59. The zero-order valence-corrected chi connectivity index (χ0v) is 17.8. The van der Waals surface area contributed by atoms with Gasteiger partial charge in [-0.1, -0.05) is 36.4 Å². The molecule has 1 atom stereocenters. The van der Waals surface area contributed by atoms with Crippen LogP contribution in [0.3, 0.4) is 0 Å². The summed E-state index contributed by atoms with van der Waals surface area (Å²) < 4.78 is 0. The van der Waals surface area contributed by atoms with Gasteiger partial charge < -0.3 is 10.4 Å². The minimum absolute atomic E-state index is 0.147. The highest BCUT2D eigenvalue weighted by molar-refractivity contribution is 5.94. The highest BCUT2D eigenvalue weighted by Crippen LogP contribution is 2.78. The molecule has 0 radical (unpaired) electrons. The van der Waals surface area contributed by atoms with Crippen molar-refractivity contribution in [3.05, 3.63) is 71.4 Å². The molecule has 5 rings (SSSR count). The number of nitrogens with zero attached hydrogens (tertiary/aromatic N) is 2. The fourth-order valence-electron chi connectivity index (χ4n) is 4.73. The van der Waals surface area contributed by atoms with Gasteiger partial charge in [0, 0.05) is 11.6 Å². The number of hydrogen-bond donors (Lipinski definition) is 2. The van der Waals surface area contributed by atoms with Crippen molar-refractivity contribution in [3.8, 4) is 6.07 Å². The lowest BCUT2D eigenvalue weighted by molar-refractivity contribution is -0.115. The third-order valence-electron chi connectivity index (χ3n) is 6.94. The number of anilines is 1. The van der Waals surface area contributed by atoms with E-state index in [0.29, 0.717) is 5.82 Å². The molecule has 0 bridgehead atoms. The van der Waals surface area contributed by atoms with Crippen LogP contribution in [0.15, 0.2) is 54.7 Å². The van der Waals surface area contributed by atoms with Crippen LogP contribution in [-0.2, 0) is 22.2 Å². The predicted molar refractivity (Wildman–Crippen MR) is 119 cm³/mol. The molecule has 1 aromatic heterocycles. The van der Waals surface area contributed by atoms with Crippen LogP contribution in [-0.4, -0.2) is 16.0 Å². The standard InChI is InChI=1S/C26H25N3O2/c1-24(2,31)20-6-3-17(4-7-20)11-23(30)29-22-13-19-12-21(8-5-18(19)14-28-22)26(16-27)15-25(26)9-10-25/h3-8,12-14,31H,9-11,15H2,1-2H3,(H,28,29,30)/t26-/m0/s1. The van der Waals surface area contributed by atoms with Gasteiger partial charge in [0.05, 0.1) is 23.5 Å². The molecule has 2 aromatic carbocycles. The summed E-state index contributed by atoms with van der Waals surface area (Å²) in [5.41, 5.74) is 1.74. The second kappa shape index (κ2) is 6.63. The van der Waals surface area contributed by atoms with Gasteiger partial charge in [-0.2, -0.15) is 5.26 Å². The average Bonchev–Trinajstić information content (AvgIpc) is 3.65. The summed E-state index contributed by atoms with van der Waals surface area (Å²) in [4.78, 5) is 16.9. The molecule has 1 heterocycles. The molecular formula is C26H25N3O2. The van der Waals surface area contributed by atoms with Gasteiger partial charge in [-0.25, -0.2) is 4.98 Å². The van der Waals surface area contributed by atoms with Crippen molar-refractivity contribution in [2.75, 3.05) is 5.32 Å². The van der Waals surface area contributed by atoms with Gasteiger partial charge in [0.15, 0.2) is 0 Å². The molecule has 2 aliphatic rings. The zero-order valence-electron chi connectivity index (χ0n) is 17.8. The Hall–Kier alpha value is -3.23. The van der Waals surface area contributed by atoms with Crippen LogP contribution < -0.4 is 5.32 Å². The van der Waals surface area contributed by atoms with Crippen molar-refractivity contribution in [2.45, 2.75) is 50.5 Å². The first-order valence-electron chi connectivity index (χ1n) is 10.7. The third-order valence-corrected chi connectivity index (χ3v) is 6.94. The number of rotatable bonds is 5. The Kier molecular flexibility index (Phi) is 4.22. The van der Waals surface area contributed by atoms with E-state index < -0.39 is 5.60 Å². The molecule has 1 amide bonds. The van der Waals surface area contributed by atoms with E-state index in [1.807, 2.05) is 36.4 Å². The fraction of sp³-hybridized carbons (Fsp3) is 0.346. The van der Waals surface area contributed by atoms with Gasteiger partial charge >= 0.3 is 0 Å². The maximum absolute atomic E-state index is 12.5. The van der Waals surface area contributed by atoms with Crippen molar-refractivity contribution in [3.63, 3.8) is 0 Å². The largest absolute Gasteiger partial charge is 0.386 e. The first-order valence-corrected chi connectivity index (χ1v) is 10.7. The zero-order chi connectivity index (χ0) is 21.9. The molecule has 2 N–H and O–H groups in total. The number of aromatic nitrogens is 1. The van der Waals surface area contributed by atoms with E-state index in [1.54, 1.807) is 20.0 Å². The number of fused-ring (bicyclic) bond motifs is 1. The van der Waals surface area contributed by atoms with Crippen LogP contribution >= 0.6 is 0 Å². The Morgan fingerprint density at radius 2 is 1.90 bits per heavy atom. The Morgan fingerprint density at radius 3 is 2.52 bits per heavy atom. The Bertz CT molecular complexity index is 1230. The molecule has 0 saturated heterocycles. The van der Waals surface area contributed by atoms with E-state index >= 15 is 0 Å². The molecule has 5 heteroatoms. The Balaban J connectivity index is 1.32. The number of carbonyl (C=O) groups excluding carboxylic acids is 1. The Labute approximate surface area is 181 Å². The Morgan fingerprint density at radius 1 is 1.16 bits per heavy atom. The van der Waals surface area contributed by atoms with Gasteiger partial charge in [0.1, 0.15) is 5.82 Å². The highest BCUT2D eigenvalue weighted by atomic mass is 16.3. The van der Waals surface area contributed by atoms with Gasteiger partial charge in [0.25, 0.3) is 0 Å². The van der Waals surface area contributed by atoms with E-state index in [1.165, 1.54) is 0 Å². The average molecular weight is 412 g/mol. The van der Waals surface area contributed by atoms with E-state index in [4.69, 9.17) is 0 Å². The van der Waals surface area contributed by atoms with Crippen molar-refractivity contribution < 1.29 is 9.90 Å². The number of amides is 1. The summed E-state index contributed by atoms with van der Waals surface area (Å²) in [6, 6.07) is 18.0. The van der Waals surface area contributed by atoms with Crippen LogP contribution in [0, 0.1) is 16.7 Å². The lowest BCUT2D eigenvalue weighted by Gasteiger charge is -2.17. The lowest BCUT2D eigenvalue weighted by atomic mass is 9.92. The maximum atomic E-state index is 12.5. The molecule has 1 spiro atoms. The number of benzene rings is 2. The van der Waals surface area contributed by atoms with Gasteiger partial charge in [-0.05, 0) is 72.7 Å². The maximum Gasteiger partial charge on any atom is 0.229 e. The van der Waals surface area contributed by atoms with Crippen LogP contribution in [0.5, 0.6) is 0 Å². The van der Waals surface area contributed by atoms with Crippen molar-refractivity contribution in [1.82, 2.24) is 4.98 Å². The number of pyridine rings is 1. The number of hydrogen-bond acceptors (Lipinski definition) is 4. The van der Waals surface area contributed by atoms with Crippen LogP contribution in [0.25, 0.3) is 10.8 Å². The molecule has 2 fully saturated rings. The number of nitriles is 1. The second-order valence-electron chi connectivity index (χ2n) is 9.59. The second-order valence-corrected chi connectivity index (χ2v) is 9.59. The molecule has 31 heavy (non-hydrogen) atoms. The summed E-state index contributed by atoms with van der Waals surface area (Å²) in [6.45, 7) is 3.47.